The molecule has 0 unspecified atom stereocenters. The van der Waals surface area contributed by atoms with Crippen LogP contribution < -0.4 is 0 Å². The Morgan fingerprint density at radius 2 is 1.86 bits per heavy atom. The number of nitrogens with zero attached hydrogens (tertiary/aromatic N) is 2. The molecular formula is C12H12N2. The smallest absolute Gasteiger partial charge is 0.0463 e. The highest BCUT2D eigenvalue weighted by molar-refractivity contribution is 5.17. The van der Waals surface area contributed by atoms with E-state index >= 15 is 0 Å². The first-order chi connectivity index (χ1) is 6.84. The van der Waals surface area contributed by atoms with Crippen LogP contribution in [0.15, 0.2) is 42.7 Å². The lowest BCUT2D eigenvalue weighted by Crippen LogP contribution is -1.94. The number of hydrogen-bond acceptors (Lipinski definition) is 2. The van der Waals surface area contributed by atoms with Crippen molar-refractivity contribution in [2.75, 3.05) is 0 Å². The topological polar surface area (TPSA) is 25.8 Å². The summed E-state index contributed by atoms with van der Waals surface area (Å²) in [4.78, 5) is 8.59. The molecular weight excluding hydrogens is 172 g/mol. The van der Waals surface area contributed by atoms with E-state index in [9.17, 15) is 0 Å². The molecule has 2 heterocycles. The van der Waals surface area contributed by atoms with E-state index in [2.05, 4.69) is 16.0 Å². The van der Waals surface area contributed by atoms with Crippen LogP contribution in [0.4, 0.5) is 0 Å². The van der Waals surface area contributed by atoms with Crippen LogP contribution in [-0.4, -0.2) is 9.97 Å². The Kier molecular flexibility index (Phi) is 2.54. The molecule has 0 bridgehead atoms. The molecule has 2 aromatic rings. The van der Waals surface area contributed by atoms with Crippen molar-refractivity contribution in [1.82, 2.24) is 9.97 Å². The lowest BCUT2D eigenvalue weighted by molar-refractivity contribution is 1.01. The van der Waals surface area contributed by atoms with E-state index in [-0.39, 0.29) is 0 Å². The van der Waals surface area contributed by atoms with Gasteiger partial charge in [0.2, 0.25) is 0 Å². The zero-order chi connectivity index (χ0) is 9.80. The highest BCUT2D eigenvalue weighted by atomic mass is 14.7. The Labute approximate surface area is 83.7 Å². The summed E-state index contributed by atoms with van der Waals surface area (Å²) < 4.78 is 0. The fourth-order valence-electron chi connectivity index (χ4n) is 1.29. The van der Waals surface area contributed by atoms with Crippen molar-refractivity contribution in [2.24, 2.45) is 0 Å². The second kappa shape index (κ2) is 4.01. The van der Waals surface area contributed by atoms with Crippen molar-refractivity contribution >= 4 is 0 Å². The van der Waals surface area contributed by atoms with E-state index in [0.29, 0.717) is 0 Å². The SMILES string of the molecule is Cc1ccc(Cc2ccccn2)nc1. The van der Waals surface area contributed by atoms with E-state index in [1.165, 1.54) is 5.56 Å². The van der Waals surface area contributed by atoms with Gasteiger partial charge in [-0.05, 0) is 30.7 Å². The largest absolute Gasteiger partial charge is 0.261 e. The van der Waals surface area contributed by atoms with Crippen molar-refractivity contribution in [3.05, 3.63) is 59.7 Å². The van der Waals surface area contributed by atoms with Gasteiger partial charge in [0.1, 0.15) is 0 Å². The van der Waals surface area contributed by atoms with Gasteiger partial charge in [-0.25, -0.2) is 0 Å². The van der Waals surface area contributed by atoms with Crippen molar-refractivity contribution in [3.63, 3.8) is 0 Å². The van der Waals surface area contributed by atoms with Crippen LogP contribution in [0, 0.1) is 6.92 Å². The Morgan fingerprint density at radius 1 is 1.00 bits per heavy atom. The summed E-state index contributed by atoms with van der Waals surface area (Å²) >= 11 is 0. The molecule has 0 saturated carbocycles. The molecule has 0 N–H and O–H groups in total. The summed E-state index contributed by atoms with van der Waals surface area (Å²) in [6, 6.07) is 10.1. The molecule has 2 heteroatoms. The van der Waals surface area contributed by atoms with Gasteiger partial charge >= 0.3 is 0 Å². The Morgan fingerprint density at radius 3 is 2.50 bits per heavy atom. The first kappa shape index (κ1) is 8.88. The van der Waals surface area contributed by atoms with Crippen LogP contribution in [0.2, 0.25) is 0 Å². The molecule has 14 heavy (non-hydrogen) atoms. The maximum Gasteiger partial charge on any atom is 0.0463 e. The normalized spacial score (nSPS) is 10.1. The molecule has 0 aliphatic heterocycles. The molecule has 0 aliphatic rings. The number of rotatable bonds is 2. The third-order valence-electron chi connectivity index (χ3n) is 2.06. The van der Waals surface area contributed by atoms with E-state index in [0.717, 1.165) is 17.8 Å². The lowest BCUT2D eigenvalue weighted by atomic mass is 10.2. The van der Waals surface area contributed by atoms with Crippen LogP contribution in [0.5, 0.6) is 0 Å². The minimum atomic E-state index is 0.807. The summed E-state index contributed by atoms with van der Waals surface area (Å²) in [7, 11) is 0. The van der Waals surface area contributed by atoms with Gasteiger partial charge in [0.05, 0.1) is 0 Å². The zero-order valence-corrected chi connectivity index (χ0v) is 8.14. The third kappa shape index (κ3) is 2.16. The Bertz CT molecular complexity index is 392. The molecule has 2 aromatic heterocycles. The third-order valence-corrected chi connectivity index (χ3v) is 2.06. The quantitative estimate of drug-likeness (QED) is 0.716. The highest BCUT2D eigenvalue weighted by Gasteiger charge is 1.96. The molecule has 0 aromatic carbocycles. The van der Waals surface area contributed by atoms with Crippen LogP contribution in [0.25, 0.3) is 0 Å². The maximum absolute atomic E-state index is 4.33. The second-order valence-corrected chi connectivity index (χ2v) is 3.32. The summed E-state index contributed by atoms with van der Waals surface area (Å²) in [6.07, 6.45) is 4.50. The van der Waals surface area contributed by atoms with E-state index in [1.54, 1.807) is 0 Å². The Balaban J connectivity index is 2.16. The van der Waals surface area contributed by atoms with Gasteiger partial charge in [0, 0.05) is 30.2 Å². The second-order valence-electron chi connectivity index (χ2n) is 3.32. The molecule has 70 valence electrons. The highest BCUT2D eigenvalue weighted by Crippen LogP contribution is 2.04. The molecule has 0 spiro atoms. The summed E-state index contributed by atoms with van der Waals surface area (Å²) in [6.45, 7) is 2.04. The van der Waals surface area contributed by atoms with Gasteiger partial charge in [0.15, 0.2) is 0 Å². The molecule has 0 amide bonds. The summed E-state index contributed by atoms with van der Waals surface area (Å²) in [5, 5.41) is 0. The number of aryl methyl sites for hydroxylation is 1. The van der Waals surface area contributed by atoms with Crippen LogP contribution >= 0.6 is 0 Å². The monoisotopic (exact) mass is 184 g/mol. The zero-order valence-electron chi connectivity index (χ0n) is 8.14. The van der Waals surface area contributed by atoms with Crippen molar-refractivity contribution < 1.29 is 0 Å². The van der Waals surface area contributed by atoms with Gasteiger partial charge in [-0.3, -0.25) is 9.97 Å². The van der Waals surface area contributed by atoms with Crippen LogP contribution in [0.3, 0.4) is 0 Å². The number of aromatic nitrogens is 2. The Hall–Kier alpha value is -1.70. The number of pyridine rings is 2. The molecule has 2 rings (SSSR count). The van der Waals surface area contributed by atoms with Gasteiger partial charge in [-0.2, -0.15) is 0 Å². The predicted octanol–water partition coefficient (Wildman–Crippen LogP) is 2.38. The van der Waals surface area contributed by atoms with Gasteiger partial charge < -0.3 is 0 Å². The first-order valence-electron chi connectivity index (χ1n) is 4.66. The van der Waals surface area contributed by atoms with E-state index in [1.807, 2.05) is 43.6 Å². The van der Waals surface area contributed by atoms with Crippen molar-refractivity contribution in [3.8, 4) is 0 Å². The fourth-order valence-corrected chi connectivity index (χ4v) is 1.29. The standard InChI is InChI=1S/C12H12N2/c1-10-5-6-12(14-9-10)8-11-4-2-3-7-13-11/h2-7,9H,8H2,1H3. The summed E-state index contributed by atoms with van der Waals surface area (Å²) in [5.74, 6) is 0. The molecule has 2 nitrogen and oxygen atoms in total. The minimum absolute atomic E-state index is 0.807. The van der Waals surface area contributed by atoms with Gasteiger partial charge in [0.25, 0.3) is 0 Å². The van der Waals surface area contributed by atoms with Crippen molar-refractivity contribution in [2.45, 2.75) is 13.3 Å². The molecule has 0 fully saturated rings. The predicted molar refractivity (Wildman–Crippen MR) is 56.0 cm³/mol. The van der Waals surface area contributed by atoms with Crippen LogP contribution in [-0.2, 0) is 6.42 Å². The molecule has 0 aliphatic carbocycles. The van der Waals surface area contributed by atoms with E-state index in [4.69, 9.17) is 0 Å². The molecule has 0 atom stereocenters. The molecule has 0 saturated heterocycles. The molecule has 0 radical (unpaired) electrons. The number of hydrogen-bond donors (Lipinski definition) is 0. The average molecular weight is 184 g/mol. The lowest BCUT2D eigenvalue weighted by Gasteiger charge is -1.99. The first-order valence-corrected chi connectivity index (χ1v) is 4.66. The maximum atomic E-state index is 4.33. The van der Waals surface area contributed by atoms with Crippen LogP contribution in [0.1, 0.15) is 17.0 Å². The van der Waals surface area contributed by atoms with E-state index < -0.39 is 0 Å². The van der Waals surface area contributed by atoms with Gasteiger partial charge in [-0.1, -0.05) is 12.1 Å². The van der Waals surface area contributed by atoms with Gasteiger partial charge in [-0.15, -0.1) is 0 Å². The average Bonchev–Trinajstić information content (AvgIpc) is 2.23. The van der Waals surface area contributed by atoms with Crippen molar-refractivity contribution in [1.29, 1.82) is 0 Å². The fraction of sp³-hybridized carbons (Fsp3) is 0.167. The minimum Gasteiger partial charge on any atom is -0.261 e. The summed E-state index contributed by atoms with van der Waals surface area (Å²) in [5.41, 5.74) is 3.31.